The van der Waals surface area contributed by atoms with Crippen molar-refractivity contribution in [3.63, 3.8) is 0 Å². The minimum Gasteiger partial charge on any atom is -0.405 e. The minimum atomic E-state index is -4.73. The lowest BCUT2D eigenvalue weighted by Gasteiger charge is -2.10. The number of rotatable bonds is 2. The quantitative estimate of drug-likeness (QED) is 0.619. The first kappa shape index (κ1) is 11.3. The molecule has 1 rings (SSSR count). The van der Waals surface area contributed by atoms with Crippen LogP contribution in [0.25, 0.3) is 0 Å². The van der Waals surface area contributed by atoms with Crippen molar-refractivity contribution in [3.8, 4) is 5.75 Å². The lowest BCUT2D eigenvalue weighted by atomic mass is 10.2. The van der Waals surface area contributed by atoms with Crippen molar-refractivity contribution in [2.75, 3.05) is 0 Å². The standard InChI is InChI=1S/C8H4F3IO2/c9-8(10,11)14-7-3-5(4-13)1-2-6(7)12/h1-4H. The Balaban J connectivity index is 3.01. The van der Waals surface area contributed by atoms with Crippen LogP contribution in [0, 0.1) is 3.57 Å². The van der Waals surface area contributed by atoms with Crippen molar-refractivity contribution < 1.29 is 22.7 Å². The molecule has 0 spiro atoms. The van der Waals surface area contributed by atoms with E-state index in [9.17, 15) is 18.0 Å². The number of aldehydes is 1. The molecule has 0 N–H and O–H groups in total. The summed E-state index contributed by atoms with van der Waals surface area (Å²) in [6.45, 7) is 0. The predicted molar refractivity (Wildman–Crippen MR) is 51.2 cm³/mol. The zero-order chi connectivity index (χ0) is 10.8. The molecule has 0 saturated heterocycles. The van der Waals surface area contributed by atoms with Crippen molar-refractivity contribution in [1.82, 2.24) is 0 Å². The fourth-order valence-corrected chi connectivity index (χ4v) is 1.24. The average molecular weight is 316 g/mol. The molecule has 0 aromatic heterocycles. The van der Waals surface area contributed by atoms with E-state index in [4.69, 9.17) is 0 Å². The van der Waals surface area contributed by atoms with E-state index < -0.39 is 6.36 Å². The summed E-state index contributed by atoms with van der Waals surface area (Å²) in [6, 6.07) is 3.84. The van der Waals surface area contributed by atoms with Gasteiger partial charge < -0.3 is 4.74 Å². The zero-order valence-electron chi connectivity index (χ0n) is 6.64. The van der Waals surface area contributed by atoms with Gasteiger partial charge in [-0.2, -0.15) is 0 Å². The largest absolute Gasteiger partial charge is 0.573 e. The molecule has 0 aliphatic rings. The molecule has 0 bridgehead atoms. The van der Waals surface area contributed by atoms with Gasteiger partial charge in [-0.3, -0.25) is 4.79 Å². The molecule has 0 saturated carbocycles. The number of carbonyl (C=O) groups excluding carboxylic acids is 1. The van der Waals surface area contributed by atoms with Gasteiger partial charge in [-0.05, 0) is 34.7 Å². The molecule has 0 heterocycles. The summed E-state index contributed by atoms with van der Waals surface area (Å²) >= 11 is 1.69. The van der Waals surface area contributed by atoms with Crippen molar-refractivity contribution in [2.24, 2.45) is 0 Å². The Morgan fingerprint density at radius 3 is 2.50 bits per heavy atom. The molecule has 1 aromatic rings. The number of halogens is 4. The molecule has 0 fully saturated rings. The Kier molecular flexibility index (Phi) is 3.35. The van der Waals surface area contributed by atoms with Crippen LogP contribution in [0.5, 0.6) is 5.75 Å². The van der Waals surface area contributed by atoms with Crippen LogP contribution < -0.4 is 4.74 Å². The molecule has 2 nitrogen and oxygen atoms in total. The van der Waals surface area contributed by atoms with Crippen LogP contribution in [0.4, 0.5) is 13.2 Å². The van der Waals surface area contributed by atoms with Crippen molar-refractivity contribution in [3.05, 3.63) is 27.3 Å². The first-order valence-corrected chi connectivity index (χ1v) is 4.51. The number of benzene rings is 1. The Hall–Kier alpha value is -0.790. The molecule has 0 radical (unpaired) electrons. The van der Waals surface area contributed by atoms with E-state index in [2.05, 4.69) is 4.74 Å². The molecule has 0 amide bonds. The second kappa shape index (κ2) is 4.16. The number of ether oxygens (including phenoxy) is 1. The Bertz CT molecular complexity index is 349. The first-order valence-electron chi connectivity index (χ1n) is 3.43. The van der Waals surface area contributed by atoms with Crippen LogP contribution in [0.15, 0.2) is 18.2 Å². The second-order valence-corrected chi connectivity index (χ2v) is 3.52. The summed E-state index contributed by atoms with van der Waals surface area (Å²) in [5, 5.41) is 0. The maximum absolute atomic E-state index is 11.8. The van der Waals surface area contributed by atoms with Gasteiger partial charge in [0.25, 0.3) is 0 Å². The Morgan fingerprint density at radius 2 is 2.00 bits per heavy atom. The van der Waals surface area contributed by atoms with Gasteiger partial charge >= 0.3 is 6.36 Å². The highest BCUT2D eigenvalue weighted by Crippen LogP contribution is 2.28. The smallest absolute Gasteiger partial charge is 0.405 e. The zero-order valence-corrected chi connectivity index (χ0v) is 8.80. The summed E-state index contributed by atoms with van der Waals surface area (Å²) in [5.41, 5.74) is 0.143. The molecule has 0 aliphatic carbocycles. The Morgan fingerprint density at radius 1 is 1.36 bits per heavy atom. The van der Waals surface area contributed by atoms with Crippen LogP contribution in [0.2, 0.25) is 0 Å². The molecule has 1 aromatic carbocycles. The fraction of sp³-hybridized carbons (Fsp3) is 0.125. The molecule has 0 atom stereocenters. The molecule has 76 valence electrons. The molecule has 0 aliphatic heterocycles. The number of carbonyl (C=O) groups is 1. The SMILES string of the molecule is O=Cc1ccc(I)c(OC(F)(F)F)c1. The van der Waals surface area contributed by atoms with Crippen LogP contribution in [-0.4, -0.2) is 12.6 Å². The van der Waals surface area contributed by atoms with Gasteiger partial charge in [-0.1, -0.05) is 6.07 Å². The maximum atomic E-state index is 11.8. The lowest BCUT2D eigenvalue weighted by molar-refractivity contribution is -0.274. The van der Waals surface area contributed by atoms with Crippen molar-refractivity contribution in [1.29, 1.82) is 0 Å². The van der Waals surface area contributed by atoms with Gasteiger partial charge in [0, 0.05) is 5.56 Å². The summed E-state index contributed by atoms with van der Waals surface area (Å²) in [5.74, 6) is -0.359. The summed E-state index contributed by atoms with van der Waals surface area (Å²) in [6.07, 6.45) is -4.28. The molecule has 0 unspecified atom stereocenters. The van der Waals surface area contributed by atoms with Gasteiger partial charge in [0.05, 0.1) is 3.57 Å². The van der Waals surface area contributed by atoms with Gasteiger partial charge in [-0.15, -0.1) is 13.2 Å². The van der Waals surface area contributed by atoms with E-state index in [1.807, 2.05) is 0 Å². The predicted octanol–water partition coefficient (Wildman–Crippen LogP) is 3.00. The summed E-state index contributed by atoms with van der Waals surface area (Å²) in [7, 11) is 0. The highest BCUT2D eigenvalue weighted by Gasteiger charge is 2.31. The number of hydrogen-bond acceptors (Lipinski definition) is 2. The highest BCUT2D eigenvalue weighted by molar-refractivity contribution is 14.1. The van der Waals surface area contributed by atoms with E-state index in [0.29, 0.717) is 9.86 Å². The maximum Gasteiger partial charge on any atom is 0.573 e. The molecule has 14 heavy (non-hydrogen) atoms. The van der Waals surface area contributed by atoms with E-state index >= 15 is 0 Å². The van der Waals surface area contributed by atoms with E-state index in [1.165, 1.54) is 12.1 Å². The molecular formula is C8H4F3IO2. The highest BCUT2D eigenvalue weighted by atomic mass is 127. The third-order valence-corrected chi connectivity index (χ3v) is 2.21. The topological polar surface area (TPSA) is 26.3 Å². The van der Waals surface area contributed by atoms with Gasteiger partial charge in [0.2, 0.25) is 0 Å². The summed E-state index contributed by atoms with van der Waals surface area (Å²) < 4.78 is 39.5. The first-order chi connectivity index (χ1) is 6.42. The van der Waals surface area contributed by atoms with Crippen molar-refractivity contribution in [2.45, 2.75) is 6.36 Å². The summed E-state index contributed by atoms with van der Waals surface area (Å²) in [4.78, 5) is 10.3. The third kappa shape index (κ3) is 3.17. The minimum absolute atomic E-state index is 0.143. The van der Waals surface area contributed by atoms with Crippen LogP contribution in [0.3, 0.4) is 0 Å². The molecular weight excluding hydrogens is 312 g/mol. The normalized spacial score (nSPS) is 11.1. The fourth-order valence-electron chi connectivity index (χ4n) is 0.796. The van der Waals surface area contributed by atoms with Crippen LogP contribution in [0.1, 0.15) is 10.4 Å². The third-order valence-electron chi connectivity index (χ3n) is 1.32. The Labute approximate surface area is 91.2 Å². The number of hydrogen-bond donors (Lipinski definition) is 0. The van der Waals surface area contributed by atoms with Crippen LogP contribution in [-0.2, 0) is 0 Å². The van der Waals surface area contributed by atoms with Gasteiger partial charge in [0.15, 0.2) is 0 Å². The van der Waals surface area contributed by atoms with Gasteiger partial charge in [-0.25, -0.2) is 0 Å². The van der Waals surface area contributed by atoms with E-state index in [1.54, 1.807) is 22.6 Å². The second-order valence-electron chi connectivity index (χ2n) is 2.36. The monoisotopic (exact) mass is 316 g/mol. The van der Waals surface area contributed by atoms with E-state index in [0.717, 1.165) is 6.07 Å². The van der Waals surface area contributed by atoms with E-state index in [-0.39, 0.29) is 11.3 Å². The number of alkyl halides is 3. The average Bonchev–Trinajstić information content (AvgIpc) is 2.06. The van der Waals surface area contributed by atoms with Crippen LogP contribution >= 0.6 is 22.6 Å². The van der Waals surface area contributed by atoms with Crippen molar-refractivity contribution >= 4 is 28.9 Å². The molecule has 6 heteroatoms. The van der Waals surface area contributed by atoms with Gasteiger partial charge in [0.1, 0.15) is 12.0 Å². The lowest BCUT2D eigenvalue weighted by Crippen LogP contribution is -2.17.